The molecule has 0 saturated heterocycles. The van der Waals surface area contributed by atoms with Crippen molar-refractivity contribution in [3.63, 3.8) is 0 Å². The van der Waals surface area contributed by atoms with Crippen LogP contribution in [-0.4, -0.2) is 34.6 Å². The Hall–Kier alpha value is -2.28. The summed E-state index contributed by atoms with van der Waals surface area (Å²) in [5.41, 5.74) is 3.76. The van der Waals surface area contributed by atoms with Crippen molar-refractivity contribution in [2.24, 2.45) is 5.10 Å². The summed E-state index contributed by atoms with van der Waals surface area (Å²) < 4.78 is 0. The van der Waals surface area contributed by atoms with Gasteiger partial charge in [0.2, 0.25) is 0 Å². The summed E-state index contributed by atoms with van der Waals surface area (Å²) in [5.74, 6) is 0.0873. The molecule has 142 valence electrons. The highest BCUT2D eigenvalue weighted by Crippen LogP contribution is 2.36. The fourth-order valence-corrected chi connectivity index (χ4v) is 5.52. The Morgan fingerprint density at radius 2 is 1.86 bits per heavy atom. The van der Waals surface area contributed by atoms with Crippen LogP contribution in [0.5, 0.6) is 0 Å². The van der Waals surface area contributed by atoms with Crippen molar-refractivity contribution >= 4 is 34.3 Å². The average molecular weight is 408 g/mol. The van der Waals surface area contributed by atoms with Gasteiger partial charge in [0.1, 0.15) is 0 Å². The summed E-state index contributed by atoms with van der Waals surface area (Å²) >= 11 is 3.39. The van der Waals surface area contributed by atoms with Crippen LogP contribution in [0, 0.1) is 0 Å². The Morgan fingerprint density at radius 3 is 2.64 bits per heavy atom. The number of carbonyl (C=O) groups excluding carboxylic acids is 1. The standard InChI is InChI=1S/C22H21N3OS2/c26-22(15-24-10-9-16-5-1-2-6-17(16)14-24)25-19(21-8-4-12-28-21)13-18(23-25)20-7-3-11-27-20/h1-8,11-12,19H,9-10,13-15H2/t19-/m0/s1. The van der Waals surface area contributed by atoms with Gasteiger partial charge in [0.05, 0.1) is 23.2 Å². The lowest BCUT2D eigenvalue weighted by atomic mass is 10.00. The van der Waals surface area contributed by atoms with Crippen LogP contribution in [0.1, 0.15) is 33.3 Å². The van der Waals surface area contributed by atoms with Crippen molar-refractivity contribution < 1.29 is 4.79 Å². The van der Waals surface area contributed by atoms with Crippen molar-refractivity contribution in [1.82, 2.24) is 9.91 Å². The van der Waals surface area contributed by atoms with E-state index in [-0.39, 0.29) is 11.9 Å². The highest BCUT2D eigenvalue weighted by Gasteiger charge is 2.34. The molecule has 2 aromatic heterocycles. The van der Waals surface area contributed by atoms with E-state index in [1.54, 1.807) is 27.7 Å². The first kappa shape index (κ1) is 17.8. The van der Waals surface area contributed by atoms with Crippen molar-refractivity contribution in [3.05, 3.63) is 80.2 Å². The molecule has 6 heteroatoms. The Balaban J connectivity index is 1.36. The van der Waals surface area contributed by atoms with Gasteiger partial charge in [-0.2, -0.15) is 5.10 Å². The van der Waals surface area contributed by atoms with Gasteiger partial charge in [-0.25, -0.2) is 5.01 Å². The number of amides is 1. The van der Waals surface area contributed by atoms with E-state index in [0.29, 0.717) is 6.54 Å². The zero-order chi connectivity index (χ0) is 18.9. The molecule has 0 N–H and O–H groups in total. The molecule has 0 bridgehead atoms. The molecule has 0 radical (unpaired) electrons. The Bertz CT molecular complexity index is 995. The van der Waals surface area contributed by atoms with Gasteiger partial charge in [-0.05, 0) is 40.4 Å². The molecule has 28 heavy (non-hydrogen) atoms. The van der Waals surface area contributed by atoms with E-state index in [4.69, 9.17) is 5.10 Å². The fraction of sp³-hybridized carbons (Fsp3) is 0.273. The quantitative estimate of drug-likeness (QED) is 0.636. The first-order valence-corrected chi connectivity index (χ1v) is 11.3. The van der Waals surface area contributed by atoms with Gasteiger partial charge < -0.3 is 0 Å². The second-order valence-corrected chi connectivity index (χ2v) is 9.15. The molecule has 1 amide bonds. The third kappa shape index (κ3) is 3.43. The van der Waals surface area contributed by atoms with E-state index in [0.717, 1.165) is 36.5 Å². The van der Waals surface area contributed by atoms with Crippen LogP contribution in [0.2, 0.25) is 0 Å². The minimum atomic E-state index is 0.0154. The number of hydrogen-bond donors (Lipinski definition) is 0. The van der Waals surface area contributed by atoms with Crippen molar-refractivity contribution in [1.29, 1.82) is 0 Å². The van der Waals surface area contributed by atoms with Gasteiger partial charge in [-0.15, -0.1) is 22.7 Å². The lowest BCUT2D eigenvalue weighted by molar-refractivity contribution is -0.134. The maximum atomic E-state index is 13.2. The van der Waals surface area contributed by atoms with E-state index in [2.05, 4.69) is 52.1 Å². The first-order chi connectivity index (χ1) is 13.8. The summed E-state index contributed by atoms with van der Waals surface area (Å²) in [5, 5.41) is 10.6. The summed E-state index contributed by atoms with van der Waals surface area (Å²) in [6.45, 7) is 2.17. The lowest BCUT2D eigenvalue weighted by Gasteiger charge is -2.30. The number of hydrazone groups is 1. The SMILES string of the molecule is O=C(CN1CCc2ccccc2C1)N1N=C(c2cccs2)C[C@H]1c1cccs1. The summed E-state index contributed by atoms with van der Waals surface area (Å²) in [4.78, 5) is 17.8. The van der Waals surface area contributed by atoms with Crippen LogP contribution < -0.4 is 0 Å². The predicted octanol–water partition coefficient (Wildman–Crippen LogP) is 4.55. The van der Waals surface area contributed by atoms with Gasteiger partial charge in [0.15, 0.2) is 0 Å². The molecule has 1 atom stereocenters. The molecular formula is C22H21N3OS2. The predicted molar refractivity (Wildman–Crippen MR) is 115 cm³/mol. The summed E-state index contributed by atoms with van der Waals surface area (Å²) in [6.07, 6.45) is 1.79. The topological polar surface area (TPSA) is 35.9 Å². The molecule has 0 fully saturated rings. The Labute approximate surface area is 172 Å². The Kier molecular flexibility index (Phi) is 4.84. The average Bonchev–Trinajstić information content (AvgIpc) is 3.48. The van der Waals surface area contributed by atoms with Crippen LogP contribution in [0.15, 0.2) is 64.4 Å². The molecule has 0 unspecified atom stereocenters. The van der Waals surface area contributed by atoms with Gasteiger partial charge in [-0.3, -0.25) is 9.69 Å². The second-order valence-electron chi connectivity index (χ2n) is 7.23. The molecule has 0 saturated carbocycles. The monoisotopic (exact) mass is 407 g/mol. The fourth-order valence-electron chi connectivity index (χ4n) is 3.99. The van der Waals surface area contributed by atoms with Crippen molar-refractivity contribution in [3.8, 4) is 0 Å². The molecule has 2 aliphatic heterocycles. The number of hydrogen-bond acceptors (Lipinski definition) is 5. The molecule has 5 rings (SSSR count). The van der Waals surface area contributed by atoms with E-state index in [1.807, 2.05) is 12.1 Å². The van der Waals surface area contributed by atoms with Crippen molar-refractivity contribution in [2.75, 3.05) is 13.1 Å². The molecule has 2 aliphatic rings. The third-order valence-electron chi connectivity index (χ3n) is 5.41. The molecule has 4 heterocycles. The highest BCUT2D eigenvalue weighted by molar-refractivity contribution is 7.12. The molecule has 4 nitrogen and oxygen atoms in total. The maximum absolute atomic E-state index is 13.2. The van der Waals surface area contributed by atoms with Gasteiger partial charge in [0.25, 0.3) is 5.91 Å². The van der Waals surface area contributed by atoms with Crippen LogP contribution >= 0.6 is 22.7 Å². The molecule has 1 aromatic carbocycles. The number of nitrogens with zero attached hydrogens (tertiary/aromatic N) is 3. The highest BCUT2D eigenvalue weighted by atomic mass is 32.1. The second kappa shape index (κ2) is 7.62. The number of benzene rings is 1. The van der Waals surface area contributed by atoms with Gasteiger partial charge in [-0.1, -0.05) is 36.4 Å². The van der Waals surface area contributed by atoms with Crippen LogP contribution in [0.25, 0.3) is 0 Å². The van der Waals surface area contributed by atoms with Crippen LogP contribution in [0.4, 0.5) is 0 Å². The van der Waals surface area contributed by atoms with Crippen LogP contribution in [0.3, 0.4) is 0 Å². The normalized spacial score (nSPS) is 19.5. The third-order valence-corrected chi connectivity index (χ3v) is 7.30. The smallest absolute Gasteiger partial charge is 0.257 e. The summed E-state index contributed by atoms with van der Waals surface area (Å²) in [6, 6.07) is 16.8. The van der Waals surface area contributed by atoms with E-state index in [1.165, 1.54) is 16.0 Å². The summed E-state index contributed by atoms with van der Waals surface area (Å²) in [7, 11) is 0. The molecule has 0 spiro atoms. The zero-order valence-electron chi connectivity index (χ0n) is 15.5. The maximum Gasteiger partial charge on any atom is 0.257 e. The van der Waals surface area contributed by atoms with Gasteiger partial charge in [0, 0.05) is 24.4 Å². The zero-order valence-corrected chi connectivity index (χ0v) is 17.1. The van der Waals surface area contributed by atoms with E-state index >= 15 is 0 Å². The number of thiophene rings is 2. The van der Waals surface area contributed by atoms with E-state index in [9.17, 15) is 4.79 Å². The Morgan fingerprint density at radius 1 is 1.04 bits per heavy atom. The minimum absolute atomic E-state index is 0.0154. The molecule has 3 aromatic rings. The molecular weight excluding hydrogens is 386 g/mol. The minimum Gasteiger partial charge on any atom is -0.290 e. The van der Waals surface area contributed by atoms with Crippen molar-refractivity contribution in [2.45, 2.75) is 25.4 Å². The van der Waals surface area contributed by atoms with E-state index < -0.39 is 0 Å². The number of carbonyl (C=O) groups is 1. The number of rotatable bonds is 4. The van der Waals surface area contributed by atoms with Crippen LogP contribution in [-0.2, 0) is 17.8 Å². The first-order valence-electron chi connectivity index (χ1n) is 9.54. The molecule has 0 aliphatic carbocycles. The number of fused-ring (bicyclic) bond motifs is 1. The lowest BCUT2D eigenvalue weighted by Crippen LogP contribution is -2.40. The van der Waals surface area contributed by atoms with Gasteiger partial charge >= 0.3 is 0 Å². The largest absolute Gasteiger partial charge is 0.290 e.